The first-order valence-corrected chi connectivity index (χ1v) is 7.49. The number of hydrogen-bond acceptors (Lipinski definition) is 2. The number of nitrogens with one attached hydrogen (secondary N) is 3. The monoisotopic (exact) mass is 291 g/mol. The molecule has 1 aromatic rings. The van der Waals surface area contributed by atoms with Gasteiger partial charge < -0.3 is 16.0 Å². The van der Waals surface area contributed by atoms with Crippen molar-refractivity contribution in [2.45, 2.75) is 45.6 Å². The number of hydrogen-bond donors (Lipinski definition) is 3. The molecule has 1 rings (SSSR count). The summed E-state index contributed by atoms with van der Waals surface area (Å²) in [5.74, 6) is -0.172. The molecule has 0 saturated carbocycles. The molecule has 3 amide bonds. The molecule has 1 aromatic carbocycles. The first-order valence-electron chi connectivity index (χ1n) is 7.49. The number of urea groups is 1. The van der Waals surface area contributed by atoms with E-state index in [0.29, 0.717) is 6.42 Å². The molecular formula is C16H25N3O2. The van der Waals surface area contributed by atoms with Gasteiger partial charge in [0.05, 0.1) is 0 Å². The zero-order valence-corrected chi connectivity index (χ0v) is 13.0. The van der Waals surface area contributed by atoms with Crippen molar-refractivity contribution >= 4 is 17.6 Å². The second-order valence-electron chi connectivity index (χ2n) is 4.96. The average Bonchev–Trinajstić information content (AvgIpc) is 2.48. The largest absolute Gasteiger partial charge is 0.357 e. The first kappa shape index (κ1) is 17.0. The molecular weight excluding hydrogens is 266 g/mol. The number of amides is 3. The van der Waals surface area contributed by atoms with Gasteiger partial charge in [-0.1, -0.05) is 44.9 Å². The van der Waals surface area contributed by atoms with Gasteiger partial charge in [-0.25, -0.2) is 4.79 Å². The third-order valence-corrected chi connectivity index (χ3v) is 3.23. The van der Waals surface area contributed by atoms with E-state index in [2.05, 4.69) is 22.9 Å². The number of benzene rings is 1. The van der Waals surface area contributed by atoms with E-state index in [4.69, 9.17) is 0 Å². The summed E-state index contributed by atoms with van der Waals surface area (Å²) in [5, 5.41) is 8.13. The fourth-order valence-corrected chi connectivity index (χ4v) is 2.18. The number of para-hydroxylation sites is 1. The first-order chi connectivity index (χ1) is 10.1. The van der Waals surface area contributed by atoms with Crippen molar-refractivity contribution in [3.05, 3.63) is 29.8 Å². The summed E-state index contributed by atoms with van der Waals surface area (Å²) < 4.78 is 0. The van der Waals surface area contributed by atoms with Gasteiger partial charge in [0.1, 0.15) is 6.04 Å². The molecule has 116 valence electrons. The maximum atomic E-state index is 12.1. The summed E-state index contributed by atoms with van der Waals surface area (Å²) in [4.78, 5) is 23.8. The molecule has 0 aliphatic heterocycles. The molecule has 0 bridgehead atoms. The number of aryl methyl sites for hydroxylation is 1. The third-order valence-electron chi connectivity index (χ3n) is 3.23. The lowest BCUT2D eigenvalue weighted by Crippen LogP contribution is -2.47. The van der Waals surface area contributed by atoms with Crippen molar-refractivity contribution < 1.29 is 9.59 Å². The highest BCUT2D eigenvalue weighted by Crippen LogP contribution is 2.16. The highest BCUT2D eigenvalue weighted by molar-refractivity contribution is 5.94. The summed E-state index contributed by atoms with van der Waals surface area (Å²) in [6.07, 6.45) is 3.36. The fourth-order valence-electron chi connectivity index (χ4n) is 2.18. The van der Waals surface area contributed by atoms with E-state index in [9.17, 15) is 9.59 Å². The van der Waals surface area contributed by atoms with E-state index in [1.807, 2.05) is 31.2 Å². The molecule has 0 aromatic heterocycles. The number of carbonyl (C=O) groups excluding carboxylic acids is 2. The van der Waals surface area contributed by atoms with Crippen LogP contribution in [0.5, 0.6) is 0 Å². The lowest BCUT2D eigenvalue weighted by atomic mass is 10.1. The van der Waals surface area contributed by atoms with Crippen LogP contribution in [0.4, 0.5) is 10.5 Å². The molecule has 0 aliphatic rings. The van der Waals surface area contributed by atoms with Crippen LogP contribution in [-0.4, -0.2) is 25.0 Å². The van der Waals surface area contributed by atoms with Gasteiger partial charge in [0.25, 0.3) is 0 Å². The Bertz CT molecular complexity index is 474. The van der Waals surface area contributed by atoms with Gasteiger partial charge >= 0.3 is 6.03 Å². The van der Waals surface area contributed by atoms with Crippen molar-refractivity contribution in [1.29, 1.82) is 0 Å². The predicted molar refractivity (Wildman–Crippen MR) is 85.4 cm³/mol. The van der Waals surface area contributed by atoms with E-state index >= 15 is 0 Å². The molecule has 5 nitrogen and oxygen atoms in total. The lowest BCUT2D eigenvalue weighted by molar-refractivity contribution is -0.122. The third kappa shape index (κ3) is 5.45. The molecule has 3 N–H and O–H groups in total. The maximum absolute atomic E-state index is 12.1. The van der Waals surface area contributed by atoms with Gasteiger partial charge in [0.15, 0.2) is 0 Å². The quantitative estimate of drug-likeness (QED) is 0.723. The van der Waals surface area contributed by atoms with Gasteiger partial charge in [-0.2, -0.15) is 0 Å². The zero-order valence-electron chi connectivity index (χ0n) is 13.0. The Morgan fingerprint density at radius 1 is 1.14 bits per heavy atom. The van der Waals surface area contributed by atoms with Crippen LogP contribution in [0.3, 0.4) is 0 Å². The van der Waals surface area contributed by atoms with Crippen LogP contribution < -0.4 is 16.0 Å². The molecule has 0 radical (unpaired) electrons. The van der Waals surface area contributed by atoms with Crippen LogP contribution in [0.1, 0.15) is 38.7 Å². The molecule has 0 spiro atoms. The molecule has 0 heterocycles. The van der Waals surface area contributed by atoms with E-state index in [1.165, 1.54) is 0 Å². The molecule has 1 unspecified atom stereocenters. The van der Waals surface area contributed by atoms with Crippen molar-refractivity contribution in [1.82, 2.24) is 10.6 Å². The van der Waals surface area contributed by atoms with Gasteiger partial charge in [-0.15, -0.1) is 0 Å². The number of likely N-dealkylation sites (N-methyl/N-ethyl adjacent to an activating group) is 1. The van der Waals surface area contributed by atoms with E-state index < -0.39 is 6.04 Å². The summed E-state index contributed by atoms with van der Waals surface area (Å²) in [6.45, 7) is 4.08. The lowest BCUT2D eigenvalue weighted by Gasteiger charge is -2.18. The average molecular weight is 291 g/mol. The fraction of sp³-hybridized carbons (Fsp3) is 0.500. The van der Waals surface area contributed by atoms with Gasteiger partial charge in [-0.3, -0.25) is 4.79 Å². The topological polar surface area (TPSA) is 70.2 Å². The van der Waals surface area contributed by atoms with Gasteiger partial charge in [0.2, 0.25) is 5.91 Å². The minimum atomic E-state index is -0.502. The Labute approximate surface area is 126 Å². The molecule has 0 aliphatic carbocycles. The molecule has 21 heavy (non-hydrogen) atoms. The van der Waals surface area contributed by atoms with E-state index in [-0.39, 0.29) is 11.9 Å². The Morgan fingerprint density at radius 2 is 1.86 bits per heavy atom. The normalized spacial score (nSPS) is 11.6. The second-order valence-corrected chi connectivity index (χ2v) is 4.96. The molecule has 0 saturated heterocycles. The van der Waals surface area contributed by atoms with E-state index in [0.717, 1.165) is 30.5 Å². The number of anilines is 1. The molecule has 0 fully saturated rings. The van der Waals surface area contributed by atoms with Crippen LogP contribution in [0, 0.1) is 0 Å². The minimum absolute atomic E-state index is 0.172. The van der Waals surface area contributed by atoms with Crippen molar-refractivity contribution in [2.24, 2.45) is 0 Å². The Hall–Kier alpha value is -2.04. The van der Waals surface area contributed by atoms with Gasteiger partial charge in [0, 0.05) is 12.7 Å². The van der Waals surface area contributed by atoms with Gasteiger partial charge in [-0.05, 0) is 24.5 Å². The Balaban J connectivity index is 2.69. The highest BCUT2D eigenvalue weighted by atomic mass is 16.2. The van der Waals surface area contributed by atoms with Crippen molar-refractivity contribution in [3.63, 3.8) is 0 Å². The summed E-state index contributed by atoms with van der Waals surface area (Å²) in [7, 11) is 1.57. The zero-order chi connectivity index (χ0) is 15.7. The van der Waals surface area contributed by atoms with E-state index in [1.54, 1.807) is 7.05 Å². The van der Waals surface area contributed by atoms with Crippen molar-refractivity contribution in [2.75, 3.05) is 12.4 Å². The van der Waals surface area contributed by atoms with Crippen LogP contribution in [-0.2, 0) is 11.2 Å². The second kappa shape index (κ2) is 9.00. The number of rotatable bonds is 7. The number of carbonyl (C=O) groups is 2. The van der Waals surface area contributed by atoms with Crippen LogP contribution in [0.2, 0.25) is 0 Å². The maximum Gasteiger partial charge on any atom is 0.319 e. The summed E-state index contributed by atoms with van der Waals surface area (Å²) in [6, 6.07) is 6.87. The highest BCUT2D eigenvalue weighted by Gasteiger charge is 2.18. The minimum Gasteiger partial charge on any atom is -0.357 e. The Kier molecular flexibility index (Phi) is 7.29. The predicted octanol–water partition coefficient (Wildman–Crippen LogP) is 2.68. The van der Waals surface area contributed by atoms with Crippen LogP contribution >= 0.6 is 0 Å². The Morgan fingerprint density at radius 3 is 2.48 bits per heavy atom. The molecule has 5 heteroatoms. The SMILES string of the molecule is CCCc1ccccc1NC(=O)NC(CCC)C(=O)NC. The molecule has 1 atom stereocenters. The van der Waals surface area contributed by atoms with Crippen LogP contribution in [0.15, 0.2) is 24.3 Å². The van der Waals surface area contributed by atoms with Crippen molar-refractivity contribution in [3.8, 4) is 0 Å². The van der Waals surface area contributed by atoms with Crippen LogP contribution in [0.25, 0.3) is 0 Å². The summed E-state index contributed by atoms with van der Waals surface area (Å²) >= 11 is 0. The summed E-state index contributed by atoms with van der Waals surface area (Å²) in [5.41, 5.74) is 1.89. The smallest absolute Gasteiger partial charge is 0.319 e. The standard InChI is InChI=1S/C16H25N3O2/c1-4-8-12-10-6-7-11-13(12)18-16(21)19-14(9-5-2)15(20)17-3/h6-7,10-11,14H,4-5,8-9H2,1-3H3,(H,17,20)(H2,18,19,21).